The van der Waals surface area contributed by atoms with Crippen molar-refractivity contribution < 1.29 is 0 Å². The highest BCUT2D eigenvalue weighted by Crippen LogP contribution is 2.53. The minimum Gasteiger partial charge on any atom is -0.311 e. The predicted octanol–water partition coefficient (Wildman–Crippen LogP) is 28.1. The number of anilines is 6. The second kappa shape index (κ2) is 26.0. The van der Waals surface area contributed by atoms with Crippen LogP contribution in [-0.2, 0) is 21.7 Å². The van der Waals surface area contributed by atoms with E-state index >= 15 is 0 Å². The Hall–Kier alpha value is -13.4. The first kappa shape index (κ1) is 70.0. The third kappa shape index (κ3) is 10.8. The number of fused-ring (bicyclic) bond motifs is 15. The Bertz CT molecular complexity index is 7000. The summed E-state index contributed by atoms with van der Waals surface area (Å²) in [4.78, 5) is 5.28. The Balaban J connectivity index is 0.781. The van der Waals surface area contributed by atoms with Crippen molar-refractivity contribution in [2.24, 2.45) is 0 Å². The number of hydrogen-bond donors (Lipinski definition) is 0. The monoisotopic (exact) mass is 1520 g/mol. The maximum absolute atomic E-state index is 2.64. The van der Waals surface area contributed by atoms with Crippen molar-refractivity contribution in [2.75, 3.05) is 9.80 Å². The Morgan fingerprint density at radius 1 is 0.203 bits per heavy atom. The first-order valence-corrected chi connectivity index (χ1v) is 42.3. The summed E-state index contributed by atoms with van der Waals surface area (Å²) in [5.74, 6) is 0. The molecular weight excluding hydrogens is 1430 g/mol. The van der Waals surface area contributed by atoms with Crippen LogP contribution in [-0.4, -0.2) is 20.4 Å². The van der Waals surface area contributed by atoms with Crippen molar-refractivity contribution in [1.82, 2.24) is 13.7 Å². The van der Waals surface area contributed by atoms with E-state index in [-0.39, 0.29) is 28.4 Å². The molecule has 0 atom stereocenters. The van der Waals surface area contributed by atoms with Crippen LogP contribution in [0.3, 0.4) is 0 Å². The highest BCUT2D eigenvalue weighted by atomic mass is 15.2. The van der Waals surface area contributed by atoms with E-state index in [1.54, 1.807) is 0 Å². The van der Waals surface area contributed by atoms with Gasteiger partial charge in [-0.25, -0.2) is 0 Å². The van der Waals surface area contributed by atoms with Crippen molar-refractivity contribution in [3.63, 3.8) is 0 Å². The van der Waals surface area contributed by atoms with Gasteiger partial charge in [0.05, 0.1) is 33.1 Å². The van der Waals surface area contributed by atoms with Gasteiger partial charge in [0.25, 0.3) is 6.71 Å². The van der Waals surface area contributed by atoms with E-state index in [1.807, 2.05) is 0 Å². The normalized spacial score (nSPS) is 15.4. The number of aromatic nitrogens is 3. The number of para-hydroxylation sites is 6. The lowest BCUT2D eigenvalue weighted by Crippen LogP contribution is -2.61. The molecule has 2 aliphatic carbocycles. The second-order valence-electron chi connectivity index (χ2n) is 36.5. The predicted molar refractivity (Wildman–Crippen MR) is 501 cm³/mol. The van der Waals surface area contributed by atoms with Gasteiger partial charge in [-0.05, 0) is 281 Å². The molecule has 5 nitrogen and oxygen atoms in total. The van der Waals surface area contributed by atoms with Gasteiger partial charge in [0.1, 0.15) is 0 Å². The third-order valence-electron chi connectivity index (χ3n) is 27.8. The van der Waals surface area contributed by atoms with E-state index in [1.165, 1.54) is 150 Å². The average Bonchev–Trinajstić information content (AvgIpc) is 1.43. The zero-order chi connectivity index (χ0) is 79.2. The van der Waals surface area contributed by atoms with Gasteiger partial charge in [-0.2, -0.15) is 0 Å². The Labute approximate surface area is 691 Å². The molecule has 118 heavy (non-hydrogen) atoms. The van der Waals surface area contributed by atoms with Crippen LogP contribution in [0.15, 0.2) is 352 Å². The molecule has 6 heteroatoms. The van der Waals surface area contributed by atoms with Gasteiger partial charge in [0, 0.05) is 83.5 Å². The van der Waals surface area contributed by atoms with Gasteiger partial charge in [-0.3, -0.25) is 0 Å². The molecule has 5 heterocycles. The molecule has 0 radical (unpaired) electrons. The average molecular weight is 1520 g/mol. The van der Waals surface area contributed by atoms with Crippen LogP contribution in [0, 0.1) is 0 Å². The zero-order valence-electron chi connectivity index (χ0n) is 68.1. The fourth-order valence-electron chi connectivity index (χ4n) is 21.2. The summed E-state index contributed by atoms with van der Waals surface area (Å²) >= 11 is 0. The lowest BCUT2D eigenvalue weighted by molar-refractivity contribution is 0.332. The molecule has 566 valence electrons. The van der Waals surface area contributed by atoms with Gasteiger partial charge in [0.15, 0.2) is 0 Å². The van der Waals surface area contributed by atoms with Crippen molar-refractivity contribution in [1.29, 1.82) is 0 Å². The molecule has 4 aliphatic rings. The fourth-order valence-corrected chi connectivity index (χ4v) is 21.2. The molecule has 0 saturated carbocycles. The number of hydrogen-bond acceptors (Lipinski definition) is 2. The van der Waals surface area contributed by atoms with E-state index in [0.29, 0.717) is 0 Å². The van der Waals surface area contributed by atoms with Crippen LogP contribution in [0.1, 0.15) is 103 Å². The highest BCUT2D eigenvalue weighted by Gasteiger charge is 2.45. The third-order valence-corrected chi connectivity index (χ3v) is 27.8. The van der Waals surface area contributed by atoms with Gasteiger partial charge in [-0.15, -0.1) is 0 Å². The second-order valence-corrected chi connectivity index (χ2v) is 36.5. The Kier molecular flexibility index (Phi) is 15.5. The molecule has 0 spiro atoms. The summed E-state index contributed by atoms with van der Waals surface area (Å²) in [5.41, 5.74) is 39.2. The van der Waals surface area contributed by atoms with Gasteiger partial charge < -0.3 is 23.5 Å². The van der Waals surface area contributed by atoms with Crippen molar-refractivity contribution >= 4 is 123 Å². The first-order chi connectivity index (χ1) is 57.5. The summed E-state index contributed by atoms with van der Waals surface area (Å²) < 4.78 is 7.28. The first-order valence-electron chi connectivity index (χ1n) is 42.3. The molecular formula is C112H90BN5. The molecule has 23 rings (SSSR count). The van der Waals surface area contributed by atoms with Crippen LogP contribution in [0.5, 0.6) is 0 Å². The van der Waals surface area contributed by atoms with Gasteiger partial charge in [-0.1, -0.05) is 268 Å². The summed E-state index contributed by atoms with van der Waals surface area (Å²) in [6, 6.07) is 135. The standard InChI is InChI=1S/C112H90BN5/c1-109(2)58-60-111(5,6)94-65-76(40-51-92(94)109)71-36-47-84(48-37-71)117-104-67-78(73-44-55-101-89(62-73)86-30-18-21-33-98(86)114(101)81-24-12-9-13-25-81)42-53-96(104)113-97-54-43-79(74-45-56-102-90(63-74)87-31-19-22-34-99(87)115(102)82-26-14-10-15-27-82)68-105(97)118(85-49-38-72(39-50-85)77-41-52-93-95(66-77)112(7,8)61-59-110(93,3)4)107-70-80(69-106(117)108(107)113)75-46-57-103-91(64-75)88-32-20-23-35-100(88)116(103)83-28-16-11-17-29-83/h9-57,62-70H,58-61H2,1-8H3. The van der Waals surface area contributed by atoms with E-state index < -0.39 is 0 Å². The SMILES string of the molecule is CC1(C)CCC(C)(C)c2cc(-c3ccc(N4c5cc(-c6ccc7c(c6)c6ccccc6n7-c6ccccc6)ccc5B5c6ccc(-c7ccc8c(c7)c7ccccc7n8-c7ccccc7)cc6N(c6ccc(-c7ccc8c(c7)C(C)(C)CCC8(C)C)cc6)c6cc(-c7ccc8c(c7)c7ccccc7n8-c7ccccc7)cc4c65)cc3)ccc21. The van der Waals surface area contributed by atoms with E-state index in [0.717, 1.165) is 86.3 Å². The summed E-state index contributed by atoms with van der Waals surface area (Å²) in [7, 11) is 0. The van der Waals surface area contributed by atoms with Gasteiger partial charge in [0.2, 0.25) is 0 Å². The molecule has 0 N–H and O–H groups in total. The van der Waals surface area contributed by atoms with Crippen LogP contribution in [0.4, 0.5) is 34.1 Å². The largest absolute Gasteiger partial charge is 0.311 e. The van der Waals surface area contributed by atoms with Crippen LogP contribution < -0.4 is 26.2 Å². The van der Waals surface area contributed by atoms with Crippen LogP contribution >= 0.6 is 0 Å². The maximum atomic E-state index is 2.64. The lowest BCUT2D eigenvalue weighted by atomic mass is 9.33. The van der Waals surface area contributed by atoms with Crippen molar-refractivity contribution in [3.05, 3.63) is 374 Å². The smallest absolute Gasteiger partial charge is 0.252 e. The minimum absolute atomic E-state index is 0.0655. The Morgan fingerprint density at radius 2 is 0.475 bits per heavy atom. The highest BCUT2D eigenvalue weighted by molar-refractivity contribution is 7.00. The van der Waals surface area contributed by atoms with E-state index in [9.17, 15) is 0 Å². The molecule has 0 unspecified atom stereocenters. The summed E-state index contributed by atoms with van der Waals surface area (Å²) in [6.07, 6.45) is 4.67. The number of nitrogens with zero attached hydrogens (tertiary/aromatic N) is 5. The molecule has 19 aromatic rings. The van der Waals surface area contributed by atoms with Gasteiger partial charge >= 0.3 is 0 Å². The topological polar surface area (TPSA) is 21.3 Å². The maximum Gasteiger partial charge on any atom is 0.252 e. The molecule has 2 aliphatic heterocycles. The Morgan fingerprint density at radius 3 is 0.839 bits per heavy atom. The summed E-state index contributed by atoms with van der Waals surface area (Å²) in [6.45, 7) is 19.3. The van der Waals surface area contributed by atoms with Crippen LogP contribution in [0.2, 0.25) is 0 Å². The fraction of sp³-hybridized carbons (Fsp3) is 0.143. The molecule has 0 fully saturated rings. The number of rotatable bonds is 10. The quantitative estimate of drug-likeness (QED) is 0.127. The molecule has 16 aromatic carbocycles. The molecule has 0 bridgehead atoms. The molecule has 3 aromatic heterocycles. The van der Waals surface area contributed by atoms with Crippen molar-refractivity contribution in [3.8, 4) is 72.7 Å². The zero-order valence-corrected chi connectivity index (χ0v) is 68.1. The molecule has 0 saturated heterocycles. The van der Waals surface area contributed by atoms with Crippen LogP contribution in [0.25, 0.3) is 138 Å². The molecule has 0 amide bonds. The minimum atomic E-state index is -0.187. The number of benzene rings is 16. The lowest BCUT2D eigenvalue weighted by Gasteiger charge is -2.44. The van der Waals surface area contributed by atoms with E-state index in [2.05, 4.69) is 431 Å². The van der Waals surface area contributed by atoms with E-state index in [4.69, 9.17) is 0 Å². The van der Waals surface area contributed by atoms with Crippen molar-refractivity contribution in [2.45, 2.75) is 103 Å². The summed E-state index contributed by atoms with van der Waals surface area (Å²) in [5, 5.41) is 7.34.